The molecule has 222 valence electrons. The summed E-state index contributed by atoms with van der Waals surface area (Å²) in [6.45, 7) is 4.04. The van der Waals surface area contributed by atoms with Gasteiger partial charge >= 0.3 is 12.1 Å². The highest BCUT2D eigenvalue weighted by Crippen LogP contribution is 2.31. The molecule has 1 aliphatic rings. The number of carbonyl (C=O) groups excluding carboxylic acids is 3. The van der Waals surface area contributed by atoms with Gasteiger partial charge in [-0.3, -0.25) is 4.79 Å². The minimum absolute atomic E-state index is 0.170. The van der Waals surface area contributed by atoms with E-state index in [1.807, 2.05) is 25.1 Å². The standard InChI is InChI=1S/C31H37N5O6/c1-20-17-36(21(2)19-37)29(38)26-16-24(33-30(39)32-23-10-13-25(41-4)14-11-23)12-15-27(26)42-28(20)18-35(3)31(40)34-22-8-6-5-7-9-22/h5-16,20-21,28,37H,17-19H2,1-4H3,(H,34,40)(H2,32,33,39)/t20-,21-,28+/m0/s1. The van der Waals surface area contributed by atoms with E-state index in [2.05, 4.69) is 16.0 Å². The zero-order chi connectivity index (χ0) is 30.2. The fraction of sp³-hybridized carbons (Fsp3) is 0.323. The lowest BCUT2D eigenvalue weighted by Gasteiger charge is -2.38. The molecule has 0 aliphatic carbocycles. The van der Waals surface area contributed by atoms with Gasteiger partial charge in [0.05, 0.1) is 31.9 Å². The quantitative estimate of drug-likeness (QED) is 0.307. The van der Waals surface area contributed by atoms with Crippen molar-refractivity contribution in [1.29, 1.82) is 0 Å². The average Bonchev–Trinajstić information content (AvgIpc) is 2.99. The Hall–Kier alpha value is -4.77. The Kier molecular flexibility index (Phi) is 9.87. The van der Waals surface area contributed by atoms with Crippen LogP contribution in [0.4, 0.5) is 26.7 Å². The lowest BCUT2D eigenvalue weighted by atomic mass is 9.99. The number of amides is 5. The molecule has 0 saturated heterocycles. The zero-order valence-electron chi connectivity index (χ0n) is 24.2. The van der Waals surface area contributed by atoms with E-state index >= 15 is 0 Å². The number of carbonyl (C=O) groups is 3. The van der Waals surface area contributed by atoms with Gasteiger partial charge in [0.15, 0.2) is 0 Å². The molecule has 11 heteroatoms. The Labute approximate surface area is 245 Å². The van der Waals surface area contributed by atoms with Crippen LogP contribution in [0.15, 0.2) is 72.8 Å². The van der Waals surface area contributed by atoms with Gasteiger partial charge in [0.2, 0.25) is 0 Å². The van der Waals surface area contributed by atoms with E-state index in [9.17, 15) is 19.5 Å². The minimum atomic E-state index is -0.488. The van der Waals surface area contributed by atoms with Crippen LogP contribution >= 0.6 is 0 Å². The monoisotopic (exact) mass is 575 g/mol. The molecule has 0 saturated carbocycles. The summed E-state index contributed by atoms with van der Waals surface area (Å²) < 4.78 is 11.5. The van der Waals surface area contributed by atoms with Crippen LogP contribution in [0.1, 0.15) is 24.2 Å². The summed E-state index contributed by atoms with van der Waals surface area (Å²) in [5.41, 5.74) is 1.87. The highest BCUT2D eigenvalue weighted by atomic mass is 16.5. The molecule has 0 spiro atoms. The number of anilines is 3. The number of urea groups is 2. The molecule has 3 aromatic rings. The SMILES string of the molecule is COc1ccc(NC(=O)Nc2ccc3c(c2)C(=O)N([C@@H](C)CO)C[C@H](C)[C@@H](CN(C)C(=O)Nc2ccccc2)O3)cc1. The second-order valence-corrected chi connectivity index (χ2v) is 10.3. The van der Waals surface area contributed by atoms with Gasteiger partial charge in [0.25, 0.3) is 5.91 Å². The summed E-state index contributed by atoms with van der Waals surface area (Å²) in [6, 6.07) is 19.6. The number of benzene rings is 3. The molecule has 0 unspecified atom stereocenters. The smallest absolute Gasteiger partial charge is 0.323 e. The normalized spacial score (nSPS) is 17.1. The number of aliphatic hydroxyl groups is 1. The van der Waals surface area contributed by atoms with Gasteiger partial charge in [-0.25, -0.2) is 9.59 Å². The number of hydrogen-bond donors (Lipinski definition) is 4. The summed E-state index contributed by atoms with van der Waals surface area (Å²) in [5, 5.41) is 18.3. The van der Waals surface area contributed by atoms with E-state index in [1.54, 1.807) is 80.6 Å². The van der Waals surface area contributed by atoms with Crippen LogP contribution in [0.25, 0.3) is 0 Å². The fourth-order valence-corrected chi connectivity index (χ4v) is 4.58. The predicted octanol–water partition coefficient (Wildman–Crippen LogP) is 4.72. The van der Waals surface area contributed by atoms with E-state index < -0.39 is 18.2 Å². The minimum Gasteiger partial charge on any atom is -0.497 e. The molecule has 4 N–H and O–H groups in total. The Morgan fingerprint density at radius 1 is 1.02 bits per heavy atom. The fourth-order valence-electron chi connectivity index (χ4n) is 4.58. The van der Waals surface area contributed by atoms with Crippen molar-refractivity contribution in [3.63, 3.8) is 0 Å². The van der Waals surface area contributed by atoms with Gasteiger partial charge in [-0.2, -0.15) is 0 Å². The van der Waals surface area contributed by atoms with E-state index in [1.165, 1.54) is 4.90 Å². The van der Waals surface area contributed by atoms with E-state index in [-0.39, 0.29) is 36.6 Å². The molecule has 4 rings (SSSR count). The Bertz CT molecular complexity index is 1380. The van der Waals surface area contributed by atoms with Crippen molar-refractivity contribution in [2.24, 2.45) is 5.92 Å². The molecular weight excluding hydrogens is 538 g/mol. The lowest BCUT2D eigenvalue weighted by Crippen LogP contribution is -2.50. The molecule has 42 heavy (non-hydrogen) atoms. The van der Waals surface area contributed by atoms with Gasteiger partial charge in [-0.15, -0.1) is 0 Å². The van der Waals surface area contributed by atoms with Crippen LogP contribution in [-0.4, -0.2) is 78.9 Å². The number of methoxy groups -OCH3 is 1. The third kappa shape index (κ3) is 7.49. The summed E-state index contributed by atoms with van der Waals surface area (Å²) in [5.74, 6) is 0.491. The number of para-hydroxylation sites is 1. The van der Waals surface area contributed by atoms with Crippen molar-refractivity contribution >= 4 is 35.0 Å². The number of hydrogen-bond acceptors (Lipinski definition) is 6. The largest absolute Gasteiger partial charge is 0.497 e. The van der Waals surface area contributed by atoms with Crippen molar-refractivity contribution in [2.75, 3.05) is 49.8 Å². The molecule has 0 fully saturated rings. The van der Waals surface area contributed by atoms with Crippen LogP contribution in [0.2, 0.25) is 0 Å². The summed E-state index contributed by atoms with van der Waals surface area (Å²) in [7, 11) is 3.24. The lowest BCUT2D eigenvalue weighted by molar-refractivity contribution is 0.0371. The molecule has 5 amide bonds. The van der Waals surface area contributed by atoms with Gasteiger partial charge in [0, 0.05) is 36.6 Å². The number of fused-ring (bicyclic) bond motifs is 1. The molecule has 11 nitrogen and oxygen atoms in total. The van der Waals surface area contributed by atoms with Crippen LogP contribution < -0.4 is 25.4 Å². The third-order valence-electron chi connectivity index (χ3n) is 7.10. The molecular formula is C31H37N5O6. The van der Waals surface area contributed by atoms with E-state index in [4.69, 9.17) is 9.47 Å². The number of nitrogens with one attached hydrogen (secondary N) is 3. The Morgan fingerprint density at radius 2 is 1.67 bits per heavy atom. The van der Waals surface area contributed by atoms with Crippen LogP contribution in [0, 0.1) is 5.92 Å². The zero-order valence-corrected chi connectivity index (χ0v) is 24.2. The maximum atomic E-state index is 13.7. The summed E-state index contributed by atoms with van der Waals surface area (Å²) in [6.07, 6.45) is -0.464. The highest BCUT2D eigenvalue weighted by molar-refractivity contribution is 6.02. The second kappa shape index (κ2) is 13.7. The van der Waals surface area contributed by atoms with Gasteiger partial charge in [0.1, 0.15) is 17.6 Å². The topological polar surface area (TPSA) is 132 Å². The molecule has 3 atom stereocenters. The first-order chi connectivity index (χ1) is 20.2. The Morgan fingerprint density at radius 3 is 2.33 bits per heavy atom. The molecule has 0 bridgehead atoms. The number of nitrogens with zero attached hydrogens (tertiary/aromatic N) is 2. The summed E-state index contributed by atoms with van der Waals surface area (Å²) in [4.78, 5) is 42.4. The number of rotatable bonds is 8. The van der Waals surface area contributed by atoms with Crippen LogP contribution in [0.3, 0.4) is 0 Å². The van der Waals surface area contributed by atoms with Crippen molar-refractivity contribution in [3.05, 3.63) is 78.4 Å². The molecule has 1 heterocycles. The van der Waals surface area contributed by atoms with Crippen molar-refractivity contribution < 1.29 is 29.0 Å². The van der Waals surface area contributed by atoms with Crippen LogP contribution in [-0.2, 0) is 0 Å². The van der Waals surface area contributed by atoms with Crippen LogP contribution in [0.5, 0.6) is 11.5 Å². The first-order valence-corrected chi connectivity index (χ1v) is 13.7. The van der Waals surface area contributed by atoms with Crippen molar-refractivity contribution in [2.45, 2.75) is 26.0 Å². The third-order valence-corrected chi connectivity index (χ3v) is 7.10. The van der Waals surface area contributed by atoms with Gasteiger partial charge in [-0.05, 0) is 61.5 Å². The molecule has 0 aromatic heterocycles. The second-order valence-electron chi connectivity index (χ2n) is 10.3. The predicted molar refractivity (Wildman–Crippen MR) is 161 cm³/mol. The summed E-state index contributed by atoms with van der Waals surface area (Å²) >= 11 is 0. The first kappa shape index (κ1) is 30.2. The van der Waals surface area contributed by atoms with E-state index in [0.717, 1.165) is 0 Å². The maximum absolute atomic E-state index is 13.7. The first-order valence-electron chi connectivity index (χ1n) is 13.7. The molecule has 0 radical (unpaired) electrons. The van der Waals surface area contributed by atoms with Crippen molar-refractivity contribution in [1.82, 2.24) is 9.80 Å². The number of ether oxygens (including phenoxy) is 2. The molecule has 3 aromatic carbocycles. The van der Waals surface area contributed by atoms with Crippen molar-refractivity contribution in [3.8, 4) is 11.5 Å². The maximum Gasteiger partial charge on any atom is 0.323 e. The average molecular weight is 576 g/mol. The highest BCUT2D eigenvalue weighted by Gasteiger charge is 2.34. The Balaban J connectivity index is 1.54. The number of likely N-dealkylation sites (N-methyl/N-ethyl adjacent to an activating group) is 1. The van der Waals surface area contributed by atoms with Gasteiger partial charge < -0.3 is 40.3 Å². The van der Waals surface area contributed by atoms with Gasteiger partial charge in [-0.1, -0.05) is 25.1 Å². The van der Waals surface area contributed by atoms with E-state index in [0.29, 0.717) is 35.1 Å². The number of aliphatic hydroxyl groups excluding tert-OH is 1. The molecule has 1 aliphatic heterocycles.